The average molecular weight is 319 g/mol. The smallest absolute Gasteiger partial charge is 0.258 e. The summed E-state index contributed by atoms with van der Waals surface area (Å²) in [5.74, 6) is 0. The second-order valence-electron chi connectivity index (χ2n) is 6.72. The Morgan fingerprint density at radius 2 is 1.71 bits per heavy atom. The molecule has 2 heterocycles. The molecule has 24 heavy (non-hydrogen) atoms. The van der Waals surface area contributed by atoms with E-state index in [2.05, 4.69) is 25.1 Å². The Morgan fingerprint density at radius 3 is 2.42 bits per heavy atom. The fourth-order valence-corrected chi connectivity index (χ4v) is 3.78. The second-order valence-corrected chi connectivity index (χ2v) is 6.72. The maximum absolute atomic E-state index is 13.0. The molecule has 0 spiro atoms. The predicted octanol–water partition coefficient (Wildman–Crippen LogP) is 4.11. The Balaban J connectivity index is 2.22. The zero-order chi connectivity index (χ0) is 16.8. The van der Waals surface area contributed by atoms with E-state index < -0.39 is 6.10 Å². The van der Waals surface area contributed by atoms with Crippen molar-refractivity contribution in [3.63, 3.8) is 0 Å². The van der Waals surface area contributed by atoms with Gasteiger partial charge in [0, 0.05) is 17.5 Å². The number of aromatic nitrogens is 1. The highest BCUT2D eigenvalue weighted by Gasteiger charge is 2.26. The first-order chi connectivity index (χ1) is 11.6. The SMILES string of the molecule is Cc1cc2c(-c3ccccc3)c3n(c(=O)c2cc1C)CCCC3O. The molecule has 0 aliphatic carbocycles. The van der Waals surface area contributed by atoms with Crippen LogP contribution in [0.2, 0.25) is 0 Å². The molecule has 3 heteroatoms. The first-order valence-corrected chi connectivity index (χ1v) is 8.49. The van der Waals surface area contributed by atoms with E-state index in [0.717, 1.165) is 45.1 Å². The van der Waals surface area contributed by atoms with Gasteiger partial charge in [0.25, 0.3) is 5.56 Å². The number of pyridine rings is 1. The van der Waals surface area contributed by atoms with Crippen LogP contribution < -0.4 is 5.56 Å². The van der Waals surface area contributed by atoms with Gasteiger partial charge in [-0.05, 0) is 54.8 Å². The molecule has 0 radical (unpaired) electrons. The molecule has 1 aliphatic rings. The fraction of sp³-hybridized carbons (Fsp3) is 0.286. The van der Waals surface area contributed by atoms with Crippen molar-refractivity contribution in [2.24, 2.45) is 0 Å². The summed E-state index contributed by atoms with van der Waals surface area (Å²) in [6.07, 6.45) is 0.946. The molecule has 122 valence electrons. The van der Waals surface area contributed by atoms with Crippen molar-refractivity contribution in [3.05, 3.63) is 69.6 Å². The number of aryl methyl sites for hydroxylation is 2. The number of aliphatic hydroxyl groups excluding tert-OH is 1. The molecule has 2 aromatic carbocycles. The molecule has 1 aromatic heterocycles. The van der Waals surface area contributed by atoms with E-state index in [1.165, 1.54) is 0 Å². The van der Waals surface area contributed by atoms with Gasteiger partial charge in [0.15, 0.2) is 0 Å². The zero-order valence-electron chi connectivity index (χ0n) is 14.0. The quantitative estimate of drug-likeness (QED) is 0.733. The molecule has 1 unspecified atom stereocenters. The van der Waals surface area contributed by atoms with Crippen LogP contribution in [0.15, 0.2) is 47.3 Å². The molecule has 1 aliphatic heterocycles. The highest BCUT2D eigenvalue weighted by molar-refractivity contribution is 5.98. The van der Waals surface area contributed by atoms with Crippen LogP contribution >= 0.6 is 0 Å². The van der Waals surface area contributed by atoms with Crippen LogP contribution in [0, 0.1) is 13.8 Å². The summed E-state index contributed by atoms with van der Waals surface area (Å²) in [5, 5.41) is 12.3. The van der Waals surface area contributed by atoms with E-state index in [9.17, 15) is 9.90 Å². The summed E-state index contributed by atoms with van der Waals surface area (Å²) in [4.78, 5) is 13.0. The highest BCUT2D eigenvalue weighted by atomic mass is 16.3. The maximum atomic E-state index is 13.0. The van der Waals surface area contributed by atoms with E-state index in [-0.39, 0.29) is 5.56 Å². The molecule has 3 aromatic rings. The van der Waals surface area contributed by atoms with Gasteiger partial charge < -0.3 is 9.67 Å². The lowest BCUT2D eigenvalue weighted by Crippen LogP contribution is -2.30. The number of hydrogen-bond acceptors (Lipinski definition) is 2. The third-order valence-corrected chi connectivity index (χ3v) is 5.16. The van der Waals surface area contributed by atoms with E-state index in [1.807, 2.05) is 31.2 Å². The van der Waals surface area contributed by atoms with Gasteiger partial charge in [0.05, 0.1) is 11.8 Å². The van der Waals surface area contributed by atoms with E-state index >= 15 is 0 Å². The minimum absolute atomic E-state index is 0.0153. The Kier molecular flexibility index (Phi) is 3.54. The molecule has 1 N–H and O–H groups in total. The monoisotopic (exact) mass is 319 g/mol. The Hall–Kier alpha value is -2.39. The van der Waals surface area contributed by atoms with Crippen LogP contribution in [0.25, 0.3) is 21.9 Å². The number of hydrogen-bond donors (Lipinski definition) is 1. The minimum atomic E-state index is -0.590. The molecule has 0 fully saturated rings. The van der Waals surface area contributed by atoms with Crippen LogP contribution in [-0.4, -0.2) is 9.67 Å². The minimum Gasteiger partial charge on any atom is -0.387 e. The Labute approximate surface area is 141 Å². The Morgan fingerprint density at radius 1 is 1.04 bits per heavy atom. The highest BCUT2D eigenvalue weighted by Crippen LogP contribution is 2.38. The van der Waals surface area contributed by atoms with E-state index in [0.29, 0.717) is 13.0 Å². The number of aliphatic hydroxyl groups is 1. The fourth-order valence-electron chi connectivity index (χ4n) is 3.78. The summed E-state index contributed by atoms with van der Waals surface area (Å²) in [6.45, 7) is 4.78. The van der Waals surface area contributed by atoms with Crippen molar-refractivity contribution in [2.75, 3.05) is 0 Å². The predicted molar refractivity (Wildman–Crippen MR) is 97.3 cm³/mol. The topological polar surface area (TPSA) is 42.2 Å². The molecular formula is C21H21NO2. The normalized spacial score (nSPS) is 17.0. The van der Waals surface area contributed by atoms with Crippen LogP contribution in [0.3, 0.4) is 0 Å². The van der Waals surface area contributed by atoms with Gasteiger partial charge in [-0.1, -0.05) is 36.4 Å². The Bertz CT molecular complexity index is 986. The van der Waals surface area contributed by atoms with Crippen molar-refractivity contribution in [2.45, 2.75) is 39.3 Å². The molecule has 0 amide bonds. The van der Waals surface area contributed by atoms with Gasteiger partial charge >= 0.3 is 0 Å². The maximum Gasteiger partial charge on any atom is 0.258 e. The third kappa shape index (κ3) is 2.20. The van der Waals surface area contributed by atoms with Gasteiger partial charge in [0.2, 0.25) is 0 Å². The molecule has 4 rings (SSSR count). The number of benzene rings is 2. The number of nitrogens with zero attached hydrogens (tertiary/aromatic N) is 1. The van der Waals surface area contributed by atoms with Gasteiger partial charge in [-0.25, -0.2) is 0 Å². The summed E-state index contributed by atoms with van der Waals surface area (Å²) in [5.41, 5.74) is 5.12. The third-order valence-electron chi connectivity index (χ3n) is 5.16. The van der Waals surface area contributed by atoms with Crippen LogP contribution in [0.5, 0.6) is 0 Å². The van der Waals surface area contributed by atoms with E-state index in [4.69, 9.17) is 0 Å². The first kappa shape index (κ1) is 15.2. The standard InChI is InChI=1S/C21H21NO2/c1-13-11-16-17(12-14(13)2)21(24)22-10-6-9-18(23)20(22)19(16)15-7-4-3-5-8-15/h3-5,7-8,11-12,18,23H,6,9-10H2,1-2H3. The largest absolute Gasteiger partial charge is 0.387 e. The van der Waals surface area contributed by atoms with Crippen LogP contribution in [0.1, 0.15) is 35.8 Å². The second kappa shape index (κ2) is 5.60. The molecule has 0 saturated heterocycles. The van der Waals surface area contributed by atoms with Gasteiger partial charge in [-0.3, -0.25) is 4.79 Å². The summed E-state index contributed by atoms with van der Waals surface area (Å²) in [6, 6.07) is 14.2. The summed E-state index contributed by atoms with van der Waals surface area (Å²) >= 11 is 0. The number of fused-ring (bicyclic) bond motifs is 2. The van der Waals surface area contributed by atoms with Crippen molar-refractivity contribution < 1.29 is 5.11 Å². The van der Waals surface area contributed by atoms with Gasteiger partial charge in [0.1, 0.15) is 0 Å². The lowest BCUT2D eigenvalue weighted by molar-refractivity contribution is 0.138. The van der Waals surface area contributed by atoms with Crippen LogP contribution in [-0.2, 0) is 6.54 Å². The van der Waals surface area contributed by atoms with Crippen molar-refractivity contribution in [1.82, 2.24) is 4.57 Å². The van der Waals surface area contributed by atoms with Crippen molar-refractivity contribution >= 4 is 10.8 Å². The molecule has 0 saturated carbocycles. The number of rotatable bonds is 1. The lowest BCUT2D eigenvalue weighted by atomic mass is 9.90. The average Bonchev–Trinajstić information content (AvgIpc) is 2.59. The van der Waals surface area contributed by atoms with E-state index in [1.54, 1.807) is 4.57 Å². The molecule has 1 atom stereocenters. The lowest BCUT2D eigenvalue weighted by Gasteiger charge is -2.27. The van der Waals surface area contributed by atoms with Crippen LogP contribution in [0.4, 0.5) is 0 Å². The van der Waals surface area contributed by atoms with Crippen molar-refractivity contribution in [3.8, 4) is 11.1 Å². The summed E-state index contributed by atoms with van der Waals surface area (Å²) < 4.78 is 1.79. The summed E-state index contributed by atoms with van der Waals surface area (Å²) in [7, 11) is 0. The first-order valence-electron chi connectivity index (χ1n) is 8.49. The zero-order valence-corrected chi connectivity index (χ0v) is 14.0. The molecule has 3 nitrogen and oxygen atoms in total. The molecule has 0 bridgehead atoms. The molecular weight excluding hydrogens is 298 g/mol. The van der Waals surface area contributed by atoms with Gasteiger partial charge in [-0.2, -0.15) is 0 Å². The van der Waals surface area contributed by atoms with Gasteiger partial charge in [-0.15, -0.1) is 0 Å². The van der Waals surface area contributed by atoms with Crippen molar-refractivity contribution in [1.29, 1.82) is 0 Å².